The summed E-state index contributed by atoms with van der Waals surface area (Å²) in [5.74, 6) is 0.00933. The van der Waals surface area contributed by atoms with Gasteiger partial charge in [0.1, 0.15) is 17.6 Å². The van der Waals surface area contributed by atoms with E-state index < -0.39 is 11.7 Å². The SMILES string of the molecule is C=C(c1cnc(-c2ccc(-n3ccnc3)cc2O)nn1)[C@@H]1C[C@@]2(C)CC[C@](C)(N2)[C@@H]1F. The number of benzene rings is 1. The van der Waals surface area contributed by atoms with Crippen molar-refractivity contribution in [3.63, 3.8) is 0 Å². The molecule has 31 heavy (non-hydrogen) atoms. The number of fused-ring (bicyclic) bond motifs is 2. The standard InChI is InChI=1S/C23H25FN6O/c1-14(17-11-22(2)6-7-23(3,29-22)20(17)24)18-12-26-21(28-27-18)16-5-4-15(10-19(16)31)30-9-8-25-13-30/h4-5,8-10,12-13,17,20,29,31H,1,6-7,11H2,2-3H3/t17-,20+,22+,23-/m0/s1. The van der Waals surface area contributed by atoms with Crippen LogP contribution >= 0.6 is 0 Å². The predicted octanol–water partition coefficient (Wildman–Crippen LogP) is 3.70. The minimum Gasteiger partial charge on any atom is -0.507 e. The molecule has 0 aliphatic carbocycles. The van der Waals surface area contributed by atoms with Gasteiger partial charge in [0.05, 0.1) is 23.8 Å². The molecule has 5 rings (SSSR count). The number of hydrogen-bond acceptors (Lipinski definition) is 6. The van der Waals surface area contributed by atoms with Crippen LogP contribution in [-0.4, -0.2) is 47.1 Å². The highest BCUT2D eigenvalue weighted by atomic mass is 19.1. The highest BCUT2D eigenvalue weighted by Gasteiger charge is 2.55. The van der Waals surface area contributed by atoms with E-state index in [-0.39, 0.29) is 17.2 Å². The van der Waals surface area contributed by atoms with Crippen LogP contribution < -0.4 is 5.32 Å². The van der Waals surface area contributed by atoms with Crippen molar-refractivity contribution in [1.82, 2.24) is 30.0 Å². The minimum atomic E-state index is -1.04. The number of phenolic OH excluding ortho intramolecular Hbond substituents is 1. The van der Waals surface area contributed by atoms with Gasteiger partial charge >= 0.3 is 0 Å². The Morgan fingerprint density at radius 2 is 2.13 bits per heavy atom. The van der Waals surface area contributed by atoms with E-state index in [4.69, 9.17) is 0 Å². The first-order valence-corrected chi connectivity index (χ1v) is 10.4. The van der Waals surface area contributed by atoms with Crippen molar-refractivity contribution in [3.8, 4) is 22.8 Å². The summed E-state index contributed by atoms with van der Waals surface area (Å²) < 4.78 is 17.1. The third-order valence-electron chi connectivity index (χ3n) is 6.78. The van der Waals surface area contributed by atoms with Gasteiger partial charge in [0.25, 0.3) is 0 Å². The fourth-order valence-electron chi connectivity index (χ4n) is 5.06. The Morgan fingerprint density at radius 1 is 1.29 bits per heavy atom. The molecule has 160 valence electrons. The molecular weight excluding hydrogens is 395 g/mol. The quantitative estimate of drug-likeness (QED) is 0.669. The summed E-state index contributed by atoms with van der Waals surface area (Å²) in [4.78, 5) is 8.39. The van der Waals surface area contributed by atoms with Gasteiger partial charge in [-0.15, -0.1) is 10.2 Å². The number of nitrogens with zero attached hydrogens (tertiary/aromatic N) is 5. The van der Waals surface area contributed by atoms with Gasteiger partial charge < -0.3 is 15.0 Å². The van der Waals surface area contributed by atoms with E-state index in [1.807, 2.05) is 13.0 Å². The lowest BCUT2D eigenvalue weighted by molar-refractivity contribution is 0.0770. The number of aromatic nitrogens is 5. The summed E-state index contributed by atoms with van der Waals surface area (Å²) in [5.41, 5.74) is 1.72. The second kappa shape index (κ2) is 6.95. The first kappa shape index (κ1) is 19.8. The molecule has 2 aliphatic rings. The molecule has 2 bridgehead atoms. The van der Waals surface area contributed by atoms with Gasteiger partial charge in [0.15, 0.2) is 5.82 Å². The van der Waals surface area contributed by atoms with Crippen LogP contribution in [0, 0.1) is 5.92 Å². The Kier molecular flexibility index (Phi) is 4.44. The van der Waals surface area contributed by atoms with Crippen LogP contribution in [0.15, 0.2) is 49.7 Å². The van der Waals surface area contributed by atoms with Crippen molar-refractivity contribution in [2.75, 3.05) is 0 Å². The summed E-state index contributed by atoms with van der Waals surface area (Å²) in [6, 6.07) is 5.19. The third kappa shape index (κ3) is 3.31. The zero-order chi connectivity index (χ0) is 21.8. The third-order valence-corrected chi connectivity index (χ3v) is 6.78. The van der Waals surface area contributed by atoms with Gasteiger partial charge in [0, 0.05) is 35.5 Å². The second-order valence-electron chi connectivity index (χ2n) is 9.18. The molecule has 2 N–H and O–H groups in total. The molecule has 0 unspecified atom stereocenters. The predicted molar refractivity (Wildman–Crippen MR) is 115 cm³/mol. The second-order valence-corrected chi connectivity index (χ2v) is 9.18. The number of halogens is 1. The number of aromatic hydroxyl groups is 1. The molecule has 3 aromatic rings. The molecule has 2 aliphatic heterocycles. The van der Waals surface area contributed by atoms with E-state index in [9.17, 15) is 5.11 Å². The summed E-state index contributed by atoms with van der Waals surface area (Å²) in [6.45, 7) is 8.25. The maximum Gasteiger partial charge on any atom is 0.185 e. The number of imidazole rings is 1. The van der Waals surface area contributed by atoms with Crippen LogP contribution in [0.5, 0.6) is 5.75 Å². The van der Waals surface area contributed by atoms with Gasteiger partial charge in [0.2, 0.25) is 0 Å². The maximum absolute atomic E-state index is 15.3. The number of phenols is 1. The summed E-state index contributed by atoms with van der Waals surface area (Å²) >= 11 is 0. The average molecular weight is 420 g/mol. The summed E-state index contributed by atoms with van der Waals surface area (Å²) in [5, 5.41) is 22.4. The van der Waals surface area contributed by atoms with Crippen molar-refractivity contribution >= 4 is 5.57 Å². The molecule has 4 atom stereocenters. The van der Waals surface area contributed by atoms with Crippen LogP contribution in [0.2, 0.25) is 0 Å². The Morgan fingerprint density at radius 3 is 2.81 bits per heavy atom. The molecule has 0 radical (unpaired) electrons. The number of hydrogen-bond donors (Lipinski definition) is 2. The molecule has 7 nitrogen and oxygen atoms in total. The van der Waals surface area contributed by atoms with E-state index in [1.165, 1.54) is 0 Å². The normalized spacial score (nSPS) is 29.8. The fourth-order valence-corrected chi connectivity index (χ4v) is 5.06. The molecule has 2 aromatic heterocycles. The maximum atomic E-state index is 15.3. The van der Waals surface area contributed by atoms with Crippen LogP contribution in [0.3, 0.4) is 0 Å². The van der Waals surface area contributed by atoms with Crippen molar-refractivity contribution in [3.05, 3.63) is 55.4 Å². The molecule has 1 aromatic carbocycles. The molecule has 8 heteroatoms. The highest BCUT2D eigenvalue weighted by Crippen LogP contribution is 2.49. The van der Waals surface area contributed by atoms with Crippen LogP contribution in [-0.2, 0) is 0 Å². The number of rotatable bonds is 4. The van der Waals surface area contributed by atoms with Crippen molar-refractivity contribution in [2.45, 2.75) is 50.4 Å². The first-order valence-electron chi connectivity index (χ1n) is 10.4. The van der Waals surface area contributed by atoms with Gasteiger partial charge in [-0.3, -0.25) is 0 Å². The molecule has 2 saturated heterocycles. The first-order chi connectivity index (χ1) is 14.8. The Hall–Kier alpha value is -3.13. The van der Waals surface area contributed by atoms with Crippen molar-refractivity contribution in [1.29, 1.82) is 0 Å². The monoisotopic (exact) mass is 420 g/mol. The average Bonchev–Trinajstić information content (AvgIpc) is 3.38. The zero-order valence-corrected chi connectivity index (χ0v) is 17.6. The number of alkyl halides is 1. The smallest absolute Gasteiger partial charge is 0.185 e. The highest BCUT2D eigenvalue weighted by molar-refractivity contribution is 5.67. The van der Waals surface area contributed by atoms with Crippen LogP contribution in [0.1, 0.15) is 38.8 Å². The van der Waals surface area contributed by atoms with Crippen molar-refractivity contribution in [2.24, 2.45) is 5.92 Å². The van der Waals surface area contributed by atoms with E-state index in [1.54, 1.807) is 41.6 Å². The van der Waals surface area contributed by atoms with Gasteiger partial charge in [-0.25, -0.2) is 14.4 Å². The zero-order valence-electron chi connectivity index (χ0n) is 17.6. The lowest BCUT2D eigenvalue weighted by Gasteiger charge is -2.45. The lowest BCUT2D eigenvalue weighted by atomic mass is 9.75. The molecule has 0 amide bonds. The molecule has 0 spiro atoms. The number of piperidine rings is 1. The molecule has 4 heterocycles. The number of nitrogens with one attached hydrogen (secondary N) is 1. The van der Waals surface area contributed by atoms with Crippen LogP contribution in [0.4, 0.5) is 4.39 Å². The van der Waals surface area contributed by atoms with Gasteiger partial charge in [-0.1, -0.05) is 6.58 Å². The van der Waals surface area contributed by atoms with E-state index >= 15 is 4.39 Å². The lowest BCUT2D eigenvalue weighted by Crippen LogP contribution is -2.60. The van der Waals surface area contributed by atoms with Gasteiger partial charge in [-0.2, -0.15) is 0 Å². The van der Waals surface area contributed by atoms with Gasteiger partial charge in [-0.05, 0) is 50.8 Å². The van der Waals surface area contributed by atoms with E-state index in [0.717, 1.165) is 18.5 Å². The summed E-state index contributed by atoms with van der Waals surface area (Å²) in [7, 11) is 0. The van der Waals surface area contributed by atoms with Crippen LogP contribution in [0.25, 0.3) is 22.6 Å². The summed E-state index contributed by atoms with van der Waals surface area (Å²) in [6.07, 6.45) is 8.06. The minimum absolute atomic E-state index is 0.0409. The van der Waals surface area contributed by atoms with E-state index in [0.29, 0.717) is 29.1 Å². The Labute approximate surface area is 180 Å². The topological polar surface area (TPSA) is 88.8 Å². The largest absolute Gasteiger partial charge is 0.507 e. The Balaban J connectivity index is 1.39. The molecule has 0 saturated carbocycles. The Bertz CT molecular complexity index is 1130. The van der Waals surface area contributed by atoms with Crippen molar-refractivity contribution < 1.29 is 9.50 Å². The fraction of sp³-hybridized carbons (Fsp3) is 0.391. The molecule has 2 fully saturated rings. The van der Waals surface area contributed by atoms with E-state index in [2.05, 4.69) is 39.0 Å². The molecular formula is C23H25FN6O. The number of allylic oxidation sites excluding steroid dienone is 1.